The third kappa shape index (κ3) is 3.53. The molecule has 0 aromatic heterocycles. The molecule has 2 rings (SSSR count). The fourth-order valence-corrected chi connectivity index (χ4v) is 1.95. The van der Waals surface area contributed by atoms with Gasteiger partial charge in [-0.2, -0.15) is 0 Å². The maximum absolute atomic E-state index is 13.4. The van der Waals surface area contributed by atoms with Gasteiger partial charge in [0.2, 0.25) is 0 Å². The third-order valence-electron chi connectivity index (χ3n) is 3.10. The van der Waals surface area contributed by atoms with Crippen LogP contribution in [-0.2, 0) is 0 Å². The predicted molar refractivity (Wildman–Crippen MR) is 71.3 cm³/mol. The molecule has 3 heteroatoms. The molecule has 0 spiro atoms. The molecule has 0 aliphatic heterocycles. The third-order valence-corrected chi connectivity index (χ3v) is 3.10. The van der Waals surface area contributed by atoms with Crippen LogP contribution in [0.5, 0.6) is 5.75 Å². The lowest BCUT2D eigenvalue weighted by Crippen LogP contribution is -2.10. The highest BCUT2D eigenvalue weighted by atomic mass is 19.1. The molecule has 1 nitrogen and oxygen atoms in total. The number of ether oxygens (including phenoxy) is 1. The van der Waals surface area contributed by atoms with Crippen molar-refractivity contribution in [2.24, 2.45) is 0 Å². The van der Waals surface area contributed by atoms with Crippen LogP contribution < -0.4 is 4.74 Å². The first kappa shape index (κ1) is 13.5. The lowest BCUT2D eigenvalue weighted by atomic mass is 9.98. The Bertz CT molecular complexity index is 526. The van der Waals surface area contributed by atoms with E-state index in [1.165, 1.54) is 0 Å². The van der Waals surface area contributed by atoms with E-state index < -0.39 is 11.6 Å². The number of benzene rings is 2. The van der Waals surface area contributed by atoms with Crippen LogP contribution in [0.1, 0.15) is 24.8 Å². The highest BCUT2D eigenvalue weighted by Crippen LogP contribution is 2.23. The Kier molecular flexibility index (Phi) is 4.50. The van der Waals surface area contributed by atoms with Crippen LogP contribution in [0, 0.1) is 11.6 Å². The van der Waals surface area contributed by atoms with E-state index in [0.717, 1.165) is 30.2 Å². The molecular weight excluding hydrogens is 246 g/mol. The average Bonchev–Trinajstić information content (AvgIpc) is 2.44. The molecule has 0 heterocycles. The fraction of sp³-hybridized carbons (Fsp3) is 0.250. The second-order valence-corrected chi connectivity index (χ2v) is 4.40. The summed E-state index contributed by atoms with van der Waals surface area (Å²) in [7, 11) is 0. The second kappa shape index (κ2) is 6.32. The Balaban J connectivity index is 2.06. The normalized spacial score (nSPS) is 12.2. The van der Waals surface area contributed by atoms with Crippen LogP contribution in [0.25, 0.3) is 0 Å². The average molecular weight is 262 g/mol. The molecule has 100 valence electrons. The van der Waals surface area contributed by atoms with Gasteiger partial charge in [0.15, 0.2) is 11.6 Å². The summed E-state index contributed by atoms with van der Waals surface area (Å²) < 4.78 is 31.9. The highest BCUT2D eigenvalue weighted by molar-refractivity contribution is 5.25. The van der Waals surface area contributed by atoms with E-state index in [0.29, 0.717) is 6.61 Å². The number of rotatable bonds is 5. The minimum Gasteiger partial charge on any atom is -0.490 e. The van der Waals surface area contributed by atoms with Crippen LogP contribution >= 0.6 is 0 Å². The van der Waals surface area contributed by atoms with Crippen molar-refractivity contribution in [1.29, 1.82) is 0 Å². The molecule has 0 radical (unpaired) electrons. The van der Waals surface area contributed by atoms with E-state index in [1.807, 2.05) is 37.3 Å². The van der Waals surface area contributed by atoms with E-state index in [9.17, 15) is 8.78 Å². The number of hydrogen-bond acceptors (Lipinski definition) is 1. The Morgan fingerprint density at radius 2 is 1.79 bits per heavy atom. The van der Waals surface area contributed by atoms with Crippen molar-refractivity contribution in [2.45, 2.75) is 19.3 Å². The number of halogens is 2. The summed E-state index contributed by atoms with van der Waals surface area (Å²) in [6, 6.07) is 13.1. The fourth-order valence-electron chi connectivity index (χ4n) is 1.95. The van der Waals surface area contributed by atoms with Crippen LogP contribution in [0.4, 0.5) is 8.78 Å². The summed E-state index contributed by atoms with van der Waals surface area (Å²) in [5.74, 6) is -0.897. The van der Waals surface area contributed by atoms with E-state index in [4.69, 9.17) is 4.74 Å². The molecule has 0 saturated carbocycles. The Morgan fingerprint density at radius 1 is 1.05 bits per heavy atom. The maximum Gasteiger partial charge on any atom is 0.165 e. The van der Waals surface area contributed by atoms with Crippen molar-refractivity contribution in [3.8, 4) is 5.75 Å². The molecule has 19 heavy (non-hydrogen) atoms. The van der Waals surface area contributed by atoms with Gasteiger partial charge in [0.25, 0.3) is 0 Å². The SMILES string of the molecule is CCC(COc1cc(F)ccc1F)c1ccccc1. The van der Waals surface area contributed by atoms with Crippen molar-refractivity contribution >= 4 is 0 Å². The van der Waals surface area contributed by atoms with Gasteiger partial charge in [-0.1, -0.05) is 37.3 Å². The molecule has 0 fully saturated rings. The van der Waals surface area contributed by atoms with Crippen LogP contribution in [0.3, 0.4) is 0 Å². The molecule has 0 aliphatic carbocycles. The molecule has 0 saturated heterocycles. The second-order valence-electron chi connectivity index (χ2n) is 4.40. The van der Waals surface area contributed by atoms with Gasteiger partial charge in [-0.15, -0.1) is 0 Å². The molecule has 2 aromatic rings. The molecule has 0 amide bonds. The molecular formula is C16H16F2O. The minimum absolute atomic E-state index is 0.0330. The van der Waals surface area contributed by atoms with Gasteiger partial charge in [-0.3, -0.25) is 0 Å². The first-order valence-corrected chi connectivity index (χ1v) is 6.33. The van der Waals surface area contributed by atoms with Crippen LogP contribution in [0.2, 0.25) is 0 Å². The largest absolute Gasteiger partial charge is 0.490 e. The van der Waals surface area contributed by atoms with E-state index in [2.05, 4.69) is 0 Å². The molecule has 0 N–H and O–H groups in total. The summed E-state index contributed by atoms with van der Waals surface area (Å²) in [6.07, 6.45) is 0.876. The highest BCUT2D eigenvalue weighted by Gasteiger charge is 2.12. The summed E-state index contributed by atoms with van der Waals surface area (Å²) in [4.78, 5) is 0. The van der Waals surface area contributed by atoms with Crippen molar-refractivity contribution in [1.82, 2.24) is 0 Å². The summed E-state index contributed by atoms with van der Waals surface area (Å²) >= 11 is 0. The number of hydrogen-bond donors (Lipinski definition) is 0. The van der Waals surface area contributed by atoms with Crippen molar-refractivity contribution in [3.05, 3.63) is 65.7 Å². The first-order chi connectivity index (χ1) is 9.20. The summed E-state index contributed by atoms with van der Waals surface area (Å²) in [6.45, 7) is 2.38. The first-order valence-electron chi connectivity index (χ1n) is 6.33. The molecule has 0 aliphatic rings. The van der Waals surface area contributed by atoms with Crippen LogP contribution in [-0.4, -0.2) is 6.61 Å². The van der Waals surface area contributed by atoms with Crippen LogP contribution in [0.15, 0.2) is 48.5 Å². The van der Waals surface area contributed by atoms with Gasteiger partial charge < -0.3 is 4.74 Å². The zero-order chi connectivity index (χ0) is 13.7. The molecule has 1 unspecified atom stereocenters. The van der Waals surface area contributed by atoms with E-state index >= 15 is 0 Å². The predicted octanol–water partition coefficient (Wildman–Crippen LogP) is 4.54. The molecule has 1 atom stereocenters. The lowest BCUT2D eigenvalue weighted by Gasteiger charge is -2.16. The van der Waals surface area contributed by atoms with Gasteiger partial charge in [0.05, 0.1) is 6.61 Å². The standard InChI is InChI=1S/C16H16F2O/c1-2-12(13-6-4-3-5-7-13)11-19-16-10-14(17)8-9-15(16)18/h3-10,12H,2,11H2,1H3. The Labute approximate surface area is 111 Å². The lowest BCUT2D eigenvalue weighted by molar-refractivity contribution is 0.270. The van der Waals surface area contributed by atoms with E-state index in [-0.39, 0.29) is 11.7 Å². The smallest absolute Gasteiger partial charge is 0.165 e. The van der Waals surface area contributed by atoms with Gasteiger partial charge >= 0.3 is 0 Å². The van der Waals surface area contributed by atoms with Crippen molar-refractivity contribution in [3.63, 3.8) is 0 Å². The zero-order valence-corrected chi connectivity index (χ0v) is 10.8. The summed E-state index contributed by atoms with van der Waals surface area (Å²) in [5, 5.41) is 0. The van der Waals surface area contributed by atoms with Gasteiger partial charge in [-0.25, -0.2) is 8.78 Å². The summed E-state index contributed by atoms with van der Waals surface area (Å²) in [5.41, 5.74) is 1.14. The molecule has 2 aromatic carbocycles. The Hall–Kier alpha value is -1.90. The van der Waals surface area contributed by atoms with E-state index in [1.54, 1.807) is 0 Å². The van der Waals surface area contributed by atoms with Crippen molar-refractivity contribution in [2.75, 3.05) is 6.61 Å². The monoisotopic (exact) mass is 262 g/mol. The quantitative estimate of drug-likeness (QED) is 0.768. The topological polar surface area (TPSA) is 9.23 Å². The Morgan fingerprint density at radius 3 is 2.47 bits per heavy atom. The van der Waals surface area contributed by atoms with Gasteiger partial charge in [0.1, 0.15) is 5.82 Å². The molecule has 0 bridgehead atoms. The van der Waals surface area contributed by atoms with Gasteiger partial charge in [-0.05, 0) is 24.1 Å². The minimum atomic E-state index is -0.538. The van der Waals surface area contributed by atoms with Crippen molar-refractivity contribution < 1.29 is 13.5 Å². The zero-order valence-electron chi connectivity index (χ0n) is 10.8. The van der Waals surface area contributed by atoms with Gasteiger partial charge in [0, 0.05) is 12.0 Å². The maximum atomic E-state index is 13.4.